The average molecular weight is 459 g/mol. The first-order chi connectivity index (χ1) is 16.1. The van der Waals surface area contributed by atoms with Crippen molar-refractivity contribution in [3.05, 3.63) is 95.2 Å². The molecule has 1 unspecified atom stereocenters. The molecule has 0 bridgehead atoms. The fourth-order valence-corrected chi connectivity index (χ4v) is 4.13. The van der Waals surface area contributed by atoms with E-state index in [1.165, 1.54) is 24.4 Å². The lowest BCUT2D eigenvalue weighted by Gasteiger charge is -2.30. The fourth-order valence-electron chi connectivity index (χ4n) is 4.13. The second kappa shape index (κ2) is 8.67. The van der Waals surface area contributed by atoms with E-state index in [-0.39, 0.29) is 11.4 Å². The number of ether oxygens (including phenoxy) is 1. The van der Waals surface area contributed by atoms with E-state index in [9.17, 15) is 19.9 Å². The van der Waals surface area contributed by atoms with Gasteiger partial charge in [-0.15, -0.1) is 0 Å². The highest BCUT2D eigenvalue weighted by Gasteiger charge is 2.47. The zero-order valence-electron chi connectivity index (χ0n) is 19.5. The third-order valence-corrected chi connectivity index (χ3v) is 5.82. The number of amides is 1. The van der Waals surface area contributed by atoms with Crippen LogP contribution in [0.5, 0.6) is 5.75 Å². The predicted molar refractivity (Wildman–Crippen MR) is 128 cm³/mol. The number of hydrogen-bond acceptors (Lipinski definition) is 5. The van der Waals surface area contributed by atoms with E-state index < -0.39 is 23.1 Å². The summed E-state index contributed by atoms with van der Waals surface area (Å²) in [7, 11) is 1.52. The Labute approximate surface area is 198 Å². The smallest absolute Gasteiger partial charge is 0.294 e. The quantitative estimate of drug-likeness (QED) is 0.448. The van der Waals surface area contributed by atoms with Crippen LogP contribution in [0.2, 0.25) is 0 Å². The molecule has 1 aromatic heterocycles. The number of aromatic nitrogens is 1. The van der Waals surface area contributed by atoms with Crippen molar-refractivity contribution in [3.8, 4) is 16.9 Å². The topological polar surface area (TPSA) is 93.8 Å². The van der Waals surface area contributed by atoms with Crippen molar-refractivity contribution in [1.29, 1.82) is 0 Å². The summed E-state index contributed by atoms with van der Waals surface area (Å²) in [6.45, 7) is 5.25. The molecule has 1 N–H and O–H groups in total. The molecule has 1 amide bonds. The van der Waals surface area contributed by atoms with Gasteiger partial charge < -0.3 is 15.1 Å². The molecule has 3 aromatic rings. The molecule has 7 heteroatoms. The standard InChI is InChI=1S/C27H26N2O5/c1-27(2,3)25(31)22-23(20-9-5-6-10-21(20)34-4)29(26(32)24(22)30)19-13-11-17(12-14-19)18-8-7-15-28(33)16-18/h5-16,23,30H,1-4H3. The monoisotopic (exact) mass is 458 g/mol. The molecule has 0 saturated carbocycles. The van der Waals surface area contributed by atoms with Crippen LogP contribution in [0, 0.1) is 10.6 Å². The number of hydrogen-bond donors (Lipinski definition) is 1. The van der Waals surface area contributed by atoms with E-state index in [4.69, 9.17) is 4.74 Å². The zero-order chi connectivity index (χ0) is 24.6. The first-order valence-electron chi connectivity index (χ1n) is 10.9. The summed E-state index contributed by atoms with van der Waals surface area (Å²) >= 11 is 0. The lowest BCUT2D eigenvalue weighted by Crippen LogP contribution is -2.33. The van der Waals surface area contributed by atoms with E-state index in [0.717, 1.165) is 15.9 Å². The maximum atomic E-state index is 13.4. The molecule has 0 radical (unpaired) electrons. The lowest BCUT2D eigenvalue weighted by molar-refractivity contribution is -0.604. The van der Waals surface area contributed by atoms with Crippen molar-refractivity contribution < 1.29 is 24.2 Å². The molecule has 2 aromatic carbocycles. The van der Waals surface area contributed by atoms with Crippen LogP contribution >= 0.6 is 0 Å². The first kappa shape index (κ1) is 23.0. The van der Waals surface area contributed by atoms with Gasteiger partial charge in [0.1, 0.15) is 5.75 Å². The SMILES string of the molecule is COc1ccccc1C1C(C(=O)C(C)(C)C)=C(O)C(=O)N1c1ccc(-c2ccc[n+]([O-])c2)cc1. The van der Waals surface area contributed by atoms with Crippen LogP contribution in [0.15, 0.2) is 84.4 Å². The number of carbonyl (C=O) groups excluding carboxylic acids is 2. The van der Waals surface area contributed by atoms with Gasteiger partial charge in [0.15, 0.2) is 23.9 Å². The number of nitrogens with zero attached hydrogens (tertiary/aromatic N) is 2. The van der Waals surface area contributed by atoms with Crippen molar-refractivity contribution >= 4 is 17.4 Å². The van der Waals surface area contributed by atoms with Gasteiger partial charge in [0, 0.05) is 28.3 Å². The minimum Gasteiger partial charge on any atom is -0.619 e. The van der Waals surface area contributed by atoms with E-state index in [0.29, 0.717) is 17.0 Å². The molecule has 0 fully saturated rings. The van der Waals surface area contributed by atoms with Gasteiger partial charge in [-0.1, -0.05) is 51.1 Å². The minimum atomic E-state index is -0.859. The Morgan fingerprint density at radius 1 is 1.03 bits per heavy atom. The van der Waals surface area contributed by atoms with Crippen LogP contribution in [-0.4, -0.2) is 23.9 Å². The third-order valence-electron chi connectivity index (χ3n) is 5.82. The summed E-state index contributed by atoms with van der Waals surface area (Å²) in [5.41, 5.74) is 1.83. The number of aliphatic hydroxyl groups is 1. The van der Waals surface area contributed by atoms with Gasteiger partial charge in [0.25, 0.3) is 5.91 Å². The molecular formula is C27H26N2O5. The summed E-state index contributed by atoms with van der Waals surface area (Å²) in [4.78, 5) is 28.1. The van der Waals surface area contributed by atoms with Gasteiger partial charge >= 0.3 is 0 Å². The van der Waals surface area contributed by atoms with Gasteiger partial charge in [0.2, 0.25) is 0 Å². The molecule has 7 nitrogen and oxygen atoms in total. The molecule has 174 valence electrons. The Morgan fingerprint density at radius 3 is 2.32 bits per heavy atom. The molecule has 0 aliphatic carbocycles. The molecule has 4 rings (SSSR count). The van der Waals surface area contributed by atoms with Gasteiger partial charge in [-0.2, -0.15) is 4.73 Å². The second-order valence-electron chi connectivity index (χ2n) is 9.16. The summed E-state index contributed by atoms with van der Waals surface area (Å²) in [6.07, 6.45) is 2.86. The van der Waals surface area contributed by atoms with Crippen molar-refractivity contribution in [2.75, 3.05) is 12.0 Å². The molecule has 1 aliphatic heterocycles. The highest BCUT2D eigenvalue weighted by atomic mass is 16.5. The molecule has 2 heterocycles. The molecule has 34 heavy (non-hydrogen) atoms. The van der Waals surface area contributed by atoms with Gasteiger partial charge in [-0.05, 0) is 29.8 Å². The lowest BCUT2D eigenvalue weighted by atomic mass is 9.82. The van der Waals surface area contributed by atoms with Crippen molar-refractivity contribution in [1.82, 2.24) is 0 Å². The largest absolute Gasteiger partial charge is 0.619 e. The number of aliphatic hydroxyl groups excluding tert-OH is 1. The Hall–Kier alpha value is -4.13. The summed E-state index contributed by atoms with van der Waals surface area (Å²) in [5.74, 6) is -1.04. The number of carbonyl (C=O) groups is 2. The summed E-state index contributed by atoms with van der Waals surface area (Å²) in [6, 6.07) is 16.8. The van der Waals surface area contributed by atoms with Crippen LogP contribution in [0.25, 0.3) is 11.1 Å². The number of anilines is 1. The van der Waals surface area contributed by atoms with Crippen LogP contribution in [0.3, 0.4) is 0 Å². The molecule has 1 aliphatic rings. The molecule has 0 saturated heterocycles. The van der Waals surface area contributed by atoms with Crippen molar-refractivity contribution in [2.45, 2.75) is 26.8 Å². The minimum absolute atomic E-state index is 0.0431. The number of methoxy groups -OCH3 is 1. The van der Waals surface area contributed by atoms with Gasteiger partial charge in [-0.25, -0.2) is 0 Å². The van der Waals surface area contributed by atoms with E-state index in [1.54, 1.807) is 75.4 Å². The summed E-state index contributed by atoms with van der Waals surface area (Å²) in [5, 5.41) is 22.5. The number of para-hydroxylation sites is 1. The predicted octanol–water partition coefficient (Wildman–Crippen LogP) is 4.51. The van der Waals surface area contributed by atoms with Gasteiger partial charge in [-0.3, -0.25) is 14.5 Å². The van der Waals surface area contributed by atoms with Crippen molar-refractivity contribution in [2.24, 2.45) is 5.41 Å². The Morgan fingerprint density at radius 2 is 1.71 bits per heavy atom. The van der Waals surface area contributed by atoms with Crippen molar-refractivity contribution in [3.63, 3.8) is 0 Å². The highest BCUT2D eigenvalue weighted by molar-refractivity contribution is 6.17. The third kappa shape index (κ3) is 4.01. The number of benzene rings is 2. The Kier molecular flexibility index (Phi) is 5.87. The van der Waals surface area contributed by atoms with E-state index in [2.05, 4.69) is 0 Å². The number of pyridine rings is 1. The average Bonchev–Trinajstić information content (AvgIpc) is 3.08. The molecular weight excluding hydrogens is 432 g/mol. The maximum Gasteiger partial charge on any atom is 0.294 e. The Bertz CT molecular complexity index is 1290. The number of rotatable bonds is 5. The number of Topliss-reactive ketones (excluding diaryl/α,β-unsaturated/α-hetero) is 1. The van der Waals surface area contributed by atoms with Gasteiger partial charge in [0.05, 0.1) is 18.7 Å². The zero-order valence-corrected chi connectivity index (χ0v) is 19.5. The molecule has 0 spiro atoms. The Balaban J connectivity index is 1.84. The first-order valence-corrected chi connectivity index (χ1v) is 10.9. The van der Waals surface area contributed by atoms with Crippen LogP contribution in [0.4, 0.5) is 5.69 Å². The van der Waals surface area contributed by atoms with E-state index >= 15 is 0 Å². The van der Waals surface area contributed by atoms with Crippen LogP contribution in [0.1, 0.15) is 32.4 Å². The van der Waals surface area contributed by atoms with E-state index in [1.807, 2.05) is 6.07 Å². The number of ketones is 1. The maximum absolute atomic E-state index is 13.4. The molecule has 1 atom stereocenters. The second-order valence-corrected chi connectivity index (χ2v) is 9.16. The normalized spacial score (nSPS) is 16.2. The fraction of sp³-hybridized carbons (Fsp3) is 0.222. The highest BCUT2D eigenvalue weighted by Crippen LogP contribution is 2.46. The van der Waals surface area contributed by atoms with Crippen LogP contribution in [-0.2, 0) is 9.59 Å². The van der Waals surface area contributed by atoms with Crippen LogP contribution < -0.4 is 14.4 Å². The summed E-state index contributed by atoms with van der Waals surface area (Å²) < 4.78 is 6.25.